The van der Waals surface area contributed by atoms with Crippen LogP contribution in [0.15, 0.2) is 36.4 Å². The number of ether oxygens (including phenoxy) is 2. The molecule has 0 amide bonds. The van der Waals surface area contributed by atoms with Gasteiger partial charge in [-0.2, -0.15) is 0 Å². The van der Waals surface area contributed by atoms with Gasteiger partial charge < -0.3 is 9.47 Å². The molecule has 2 aliphatic rings. The fraction of sp³-hybridized carbons (Fsp3) is 0.538. The fourth-order valence-corrected chi connectivity index (χ4v) is 3.79. The first kappa shape index (κ1) is 20.8. The molecule has 0 atom stereocenters. The highest BCUT2D eigenvalue weighted by atomic mass is 16.5. The predicted octanol–water partition coefficient (Wildman–Crippen LogP) is 6.62. The van der Waals surface area contributed by atoms with Gasteiger partial charge in [-0.1, -0.05) is 71.9 Å². The summed E-state index contributed by atoms with van der Waals surface area (Å²) in [5.41, 5.74) is 5.85. The third kappa shape index (κ3) is 4.90. The molecule has 2 aromatic rings. The monoisotopic (exact) mass is 380 g/mol. The first-order chi connectivity index (χ1) is 13.2. The van der Waals surface area contributed by atoms with E-state index in [0.29, 0.717) is 0 Å². The van der Waals surface area contributed by atoms with Crippen LogP contribution in [0, 0.1) is 0 Å². The predicted molar refractivity (Wildman–Crippen MR) is 118 cm³/mol. The average Bonchev–Trinajstić information content (AvgIpc) is 2.66. The van der Waals surface area contributed by atoms with E-state index in [1.54, 1.807) is 0 Å². The van der Waals surface area contributed by atoms with Gasteiger partial charge in [0, 0.05) is 0 Å². The van der Waals surface area contributed by atoms with E-state index in [1.165, 1.54) is 35.1 Å². The average molecular weight is 381 g/mol. The smallest absolute Gasteiger partial charge is 0.126 e. The van der Waals surface area contributed by atoms with E-state index in [9.17, 15) is 0 Å². The van der Waals surface area contributed by atoms with E-state index in [0.717, 1.165) is 37.6 Å². The maximum absolute atomic E-state index is 5.78. The van der Waals surface area contributed by atoms with Crippen molar-refractivity contribution < 1.29 is 9.47 Å². The van der Waals surface area contributed by atoms with Crippen LogP contribution in [0.2, 0.25) is 0 Å². The lowest BCUT2D eigenvalue weighted by Crippen LogP contribution is -2.17. The maximum atomic E-state index is 5.78. The lowest BCUT2D eigenvalue weighted by atomic mass is 9.84. The van der Waals surface area contributed by atoms with E-state index in [-0.39, 0.29) is 10.8 Å². The highest BCUT2D eigenvalue weighted by Crippen LogP contribution is 2.36. The topological polar surface area (TPSA) is 18.5 Å². The van der Waals surface area contributed by atoms with Crippen molar-refractivity contribution >= 4 is 0 Å². The largest absolute Gasteiger partial charge is 0.493 e. The van der Waals surface area contributed by atoms with Crippen LogP contribution in [0.4, 0.5) is 0 Å². The van der Waals surface area contributed by atoms with Crippen LogP contribution < -0.4 is 9.47 Å². The van der Waals surface area contributed by atoms with E-state index in [1.807, 2.05) is 0 Å². The Bertz CT molecular complexity index is 804. The van der Waals surface area contributed by atoms with Crippen molar-refractivity contribution in [2.45, 2.75) is 78.1 Å². The molecule has 2 nitrogen and oxygen atoms in total. The summed E-state index contributed by atoms with van der Waals surface area (Å²) in [6.45, 7) is 15.2. The third-order valence-corrected chi connectivity index (χ3v) is 5.52. The molecule has 0 aromatic heterocycles. The van der Waals surface area contributed by atoms with Crippen molar-refractivity contribution in [2.75, 3.05) is 13.2 Å². The Labute approximate surface area is 171 Å². The van der Waals surface area contributed by atoms with Gasteiger partial charge in [0.25, 0.3) is 0 Å². The minimum absolute atomic E-state index is 0.183. The zero-order valence-corrected chi connectivity index (χ0v) is 18.5. The number of fused-ring (bicyclic) bond motifs is 2. The van der Waals surface area contributed by atoms with Crippen molar-refractivity contribution in [1.82, 2.24) is 0 Å². The van der Waals surface area contributed by atoms with E-state index >= 15 is 0 Å². The molecule has 0 fully saturated rings. The highest BCUT2D eigenvalue weighted by Gasteiger charge is 2.22. The quantitative estimate of drug-likeness (QED) is 0.511. The summed E-state index contributed by atoms with van der Waals surface area (Å²) in [6.07, 6.45) is 4.64. The first-order valence-corrected chi connectivity index (χ1v) is 10.7. The molecule has 0 N–H and O–H groups in total. The van der Waals surface area contributed by atoms with Gasteiger partial charge in [-0.15, -0.1) is 0 Å². The lowest BCUT2D eigenvalue weighted by molar-refractivity contribution is 0.280. The minimum atomic E-state index is 0.183. The number of hydrogen-bond donors (Lipinski definition) is 0. The van der Waals surface area contributed by atoms with Crippen LogP contribution >= 0.6 is 0 Å². The molecular weight excluding hydrogens is 344 g/mol. The molecule has 0 saturated carbocycles. The summed E-state index contributed by atoms with van der Waals surface area (Å²) in [5, 5.41) is 0. The summed E-state index contributed by atoms with van der Waals surface area (Å²) < 4.78 is 11.4. The lowest BCUT2D eigenvalue weighted by Gasteiger charge is -2.27. The second-order valence-electron chi connectivity index (χ2n) is 10.0. The summed E-state index contributed by atoms with van der Waals surface area (Å²) in [4.78, 5) is 0. The van der Waals surface area contributed by atoms with Gasteiger partial charge in [0.05, 0.1) is 13.2 Å². The van der Waals surface area contributed by atoms with Crippen molar-refractivity contribution in [1.29, 1.82) is 0 Å². The van der Waals surface area contributed by atoms with Crippen molar-refractivity contribution in [3.05, 3.63) is 58.7 Å². The van der Waals surface area contributed by atoms with Crippen LogP contribution in [-0.2, 0) is 23.7 Å². The van der Waals surface area contributed by atoms with Gasteiger partial charge in [-0.25, -0.2) is 0 Å². The Morgan fingerprint density at radius 3 is 2.07 bits per heavy atom. The Kier molecular flexibility index (Phi) is 6.07. The number of benzene rings is 2. The minimum Gasteiger partial charge on any atom is -0.493 e. The SMILES string of the molecule is CC(C)(C)c1ccc2c(c1)OCCC2.CC(C)(C)c1cccc2c1OCCC2. The van der Waals surface area contributed by atoms with Crippen molar-refractivity contribution in [3.8, 4) is 11.5 Å². The molecular formula is C26H36O2. The van der Waals surface area contributed by atoms with Crippen LogP contribution in [0.25, 0.3) is 0 Å². The zero-order chi connectivity index (χ0) is 20.4. The molecule has 0 radical (unpaired) electrons. The normalized spacial score (nSPS) is 15.9. The third-order valence-electron chi connectivity index (χ3n) is 5.52. The fourth-order valence-electron chi connectivity index (χ4n) is 3.79. The summed E-state index contributed by atoms with van der Waals surface area (Å²) in [5.74, 6) is 2.25. The van der Waals surface area contributed by atoms with Gasteiger partial charge >= 0.3 is 0 Å². The summed E-state index contributed by atoms with van der Waals surface area (Å²) in [6, 6.07) is 13.2. The Morgan fingerprint density at radius 1 is 0.714 bits per heavy atom. The number of aryl methyl sites for hydroxylation is 2. The molecule has 2 aliphatic heterocycles. The Morgan fingerprint density at radius 2 is 1.39 bits per heavy atom. The van der Waals surface area contributed by atoms with Gasteiger partial charge in [-0.05, 0) is 64.8 Å². The van der Waals surface area contributed by atoms with Crippen LogP contribution in [0.5, 0.6) is 11.5 Å². The summed E-state index contributed by atoms with van der Waals surface area (Å²) in [7, 11) is 0. The number of para-hydroxylation sites is 1. The van der Waals surface area contributed by atoms with E-state index < -0.39 is 0 Å². The van der Waals surface area contributed by atoms with Crippen molar-refractivity contribution in [3.63, 3.8) is 0 Å². The molecule has 0 unspecified atom stereocenters. The highest BCUT2D eigenvalue weighted by molar-refractivity contribution is 5.46. The van der Waals surface area contributed by atoms with Crippen LogP contribution in [0.1, 0.15) is 76.6 Å². The second kappa shape index (κ2) is 8.19. The number of rotatable bonds is 0. The van der Waals surface area contributed by atoms with E-state index in [4.69, 9.17) is 9.47 Å². The molecule has 4 rings (SSSR count). The number of hydrogen-bond acceptors (Lipinski definition) is 2. The molecule has 152 valence electrons. The van der Waals surface area contributed by atoms with Gasteiger partial charge in [0.1, 0.15) is 11.5 Å². The standard InChI is InChI=1S/2C13H18O/c1-13(2,3)11-8-4-6-10-7-5-9-14-12(10)11;1-13(2,3)11-7-6-10-5-4-8-14-12(10)9-11/h4,6,8H,5,7,9H2,1-3H3;6-7,9H,4-5,8H2,1-3H3. The Hall–Kier alpha value is -1.96. The first-order valence-electron chi connectivity index (χ1n) is 10.7. The van der Waals surface area contributed by atoms with Crippen molar-refractivity contribution in [2.24, 2.45) is 0 Å². The molecule has 2 aromatic carbocycles. The molecule has 0 bridgehead atoms. The van der Waals surface area contributed by atoms with Crippen LogP contribution in [0.3, 0.4) is 0 Å². The molecule has 2 heterocycles. The van der Waals surface area contributed by atoms with E-state index in [2.05, 4.69) is 77.9 Å². The van der Waals surface area contributed by atoms with Gasteiger partial charge in [0.15, 0.2) is 0 Å². The summed E-state index contributed by atoms with van der Waals surface area (Å²) >= 11 is 0. The second-order valence-corrected chi connectivity index (χ2v) is 10.0. The van der Waals surface area contributed by atoms with Crippen LogP contribution in [-0.4, -0.2) is 13.2 Å². The van der Waals surface area contributed by atoms with Gasteiger partial charge in [0.2, 0.25) is 0 Å². The molecule has 0 spiro atoms. The molecule has 0 aliphatic carbocycles. The van der Waals surface area contributed by atoms with Gasteiger partial charge in [-0.3, -0.25) is 0 Å². The molecule has 0 saturated heterocycles. The Balaban J connectivity index is 0.000000161. The maximum Gasteiger partial charge on any atom is 0.126 e. The molecule has 28 heavy (non-hydrogen) atoms. The zero-order valence-electron chi connectivity index (χ0n) is 18.5. The molecule has 2 heteroatoms.